The van der Waals surface area contributed by atoms with E-state index in [-0.39, 0.29) is 72.9 Å². The number of halogens is 4. The molecule has 14 rings (SSSR count). The van der Waals surface area contributed by atoms with E-state index in [9.17, 15) is 48.4 Å². The van der Waals surface area contributed by atoms with E-state index in [1.54, 1.807) is 49.0 Å². The number of nitrogens with one attached hydrogen (secondary N) is 2. The molecule has 0 radical (unpaired) electrons. The Hall–Kier alpha value is -8.89. The van der Waals surface area contributed by atoms with Crippen LogP contribution < -0.4 is 21.8 Å². The molecule has 21 heteroatoms. The van der Waals surface area contributed by atoms with Crippen LogP contribution in [-0.2, 0) is 69.4 Å². The van der Waals surface area contributed by atoms with Gasteiger partial charge in [0.25, 0.3) is 22.9 Å². The Balaban J connectivity index is 0.000000160. The highest BCUT2D eigenvalue weighted by Crippen LogP contribution is 2.49. The number of aliphatic hydroxyl groups excluding tert-OH is 2. The van der Waals surface area contributed by atoms with E-state index in [1.807, 2.05) is 0 Å². The Morgan fingerprint density at radius 1 is 0.651 bits per heavy atom. The van der Waals surface area contributed by atoms with E-state index >= 15 is 8.78 Å². The predicted molar refractivity (Wildman–Crippen MR) is 306 cm³/mol. The highest BCUT2D eigenvalue weighted by atomic mass is 19.1. The second-order valence-corrected chi connectivity index (χ2v) is 22.8. The number of aryl methyl sites for hydroxylation is 2. The molecule has 9 heterocycles. The minimum atomic E-state index is -1.80. The monoisotopic (exact) mass is 1170 g/mol. The molecular weight excluding hydrogens is 1110 g/mol. The van der Waals surface area contributed by atoms with Crippen LogP contribution >= 0.6 is 0 Å². The Labute approximate surface area is 487 Å². The molecule has 17 nitrogen and oxygen atoms in total. The van der Waals surface area contributed by atoms with Crippen molar-refractivity contribution in [2.24, 2.45) is 0 Å². The van der Waals surface area contributed by atoms with Crippen LogP contribution in [0.1, 0.15) is 142 Å². The van der Waals surface area contributed by atoms with Gasteiger partial charge in [-0.1, -0.05) is 45.2 Å². The summed E-state index contributed by atoms with van der Waals surface area (Å²) in [6.45, 7) is 14.9. The molecule has 4 aliphatic heterocycles. The van der Waals surface area contributed by atoms with Gasteiger partial charge in [-0.05, 0) is 110 Å². The summed E-state index contributed by atoms with van der Waals surface area (Å²) in [5.74, 6) is -3.57. The second-order valence-electron chi connectivity index (χ2n) is 22.8. The average Bonchev–Trinajstić information content (AvgIpc) is 1.95. The quantitative estimate of drug-likeness (QED) is 0.0785. The Kier molecular flexibility index (Phi) is 13.3. The molecule has 0 saturated carbocycles. The number of amides is 2. The number of nitrogens with zero attached hydrogens (tertiary/aromatic N) is 5. The molecule has 6 atom stereocenters. The zero-order chi connectivity index (χ0) is 60.7. The lowest BCUT2D eigenvalue weighted by atomic mass is 9.81. The number of hydrogen-bond donors (Lipinski definition) is 6. The number of hydrogen-bond acceptors (Lipinski definition) is 13. The first-order valence-electron chi connectivity index (χ1n) is 28.3. The molecule has 2 unspecified atom stereocenters. The maximum atomic E-state index is 15.1. The summed E-state index contributed by atoms with van der Waals surface area (Å²) in [6, 6.07) is 11.5. The van der Waals surface area contributed by atoms with Crippen LogP contribution in [0.5, 0.6) is 0 Å². The third-order valence-electron chi connectivity index (χ3n) is 18.5. The van der Waals surface area contributed by atoms with Crippen LogP contribution in [0, 0.1) is 37.1 Å². The average molecular weight is 1170 g/mol. The van der Waals surface area contributed by atoms with Gasteiger partial charge in [0.2, 0.25) is 0 Å². The topological polar surface area (TPSA) is 240 Å². The third-order valence-corrected chi connectivity index (χ3v) is 18.5. The molecule has 0 bridgehead atoms. The van der Waals surface area contributed by atoms with E-state index in [1.165, 1.54) is 42.6 Å². The van der Waals surface area contributed by atoms with Gasteiger partial charge in [0, 0.05) is 68.7 Å². The van der Waals surface area contributed by atoms with Crippen molar-refractivity contribution in [3.63, 3.8) is 0 Å². The summed E-state index contributed by atoms with van der Waals surface area (Å²) in [4.78, 5) is 67.7. The fraction of sp³-hybridized carbons (Fsp3) is 0.308. The lowest BCUT2D eigenvalue weighted by Crippen LogP contribution is -2.38. The number of benzene rings is 3. The number of pyridine rings is 5. The Bertz CT molecular complexity index is 4220. The molecule has 0 saturated heterocycles. The minimum Gasteiger partial charge on any atom is -0.490 e. The molecular formula is C65H57F4N7O10. The molecule has 0 fully saturated rings. The largest absolute Gasteiger partial charge is 0.490 e. The van der Waals surface area contributed by atoms with Crippen molar-refractivity contribution in [2.75, 3.05) is 0 Å². The van der Waals surface area contributed by atoms with Crippen LogP contribution in [0.2, 0.25) is 0 Å². The minimum absolute atomic E-state index is 0.0324. The number of ether oxygens (including phenoxy) is 2. The van der Waals surface area contributed by atoms with E-state index in [4.69, 9.17) is 19.4 Å². The normalized spacial score (nSPS) is 20.7. The van der Waals surface area contributed by atoms with E-state index in [0.29, 0.717) is 126 Å². The van der Waals surface area contributed by atoms with Crippen molar-refractivity contribution >= 4 is 33.6 Å². The second kappa shape index (κ2) is 20.4. The Morgan fingerprint density at radius 3 is 1.53 bits per heavy atom. The van der Waals surface area contributed by atoms with Crippen LogP contribution in [-0.4, -0.2) is 56.3 Å². The number of aromatic nitrogens is 5. The van der Waals surface area contributed by atoms with Gasteiger partial charge in [-0.25, -0.2) is 27.5 Å². The van der Waals surface area contributed by atoms with Gasteiger partial charge in [-0.15, -0.1) is 0 Å². The summed E-state index contributed by atoms with van der Waals surface area (Å²) >= 11 is 0. The number of rotatable bonds is 8. The van der Waals surface area contributed by atoms with Gasteiger partial charge in [-0.2, -0.15) is 0 Å². The summed E-state index contributed by atoms with van der Waals surface area (Å²) in [5.41, 5.74) is 4.97. The highest BCUT2D eigenvalue weighted by Gasteiger charge is 2.45. The van der Waals surface area contributed by atoms with Crippen molar-refractivity contribution in [1.29, 1.82) is 0 Å². The van der Waals surface area contributed by atoms with Crippen molar-refractivity contribution in [3.05, 3.63) is 214 Å². The summed E-state index contributed by atoms with van der Waals surface area (Å²) < 4.78 is 73.3. The smallest absolute Gasteiger partial charge is 0.258 e. The Morgan fingerprint density at radius 2 is 1.09 bits per heavy atom. The van der Waals surface area contributed by atoms with Crippen LogP contribution in [0.25, 0.3) is 44.6 Å². The van der Waals surface area contributed by atoms with Crippen LogP contribution in [0.15, 0.2) is 101 Å². The summed E-state index contributed by atoms with van der Waals surface area (Å²) in [6.07, 6.45) is 0.885. The van der Waals surface area contributed by atoms with Crippen molar-refractivity contribution in [3.8, 4) is 22.8 Å². The van der Waals surface area contributed by atoms with E-state index < -0.39 is 70.6 Å². The number of aliphatic hydroxyl groups is 4. The molecule has 2 aliphatic carbocycles. The first-order chi connectivity index (χ1) is 41.1. The fourth-order valence-electron chi connectivity index (χ4n) is 13.7. The van der Waals surface area contributed by atoms with Crippen molar-refractivity contribution in [1.82, 2.24) is 34.7 Å². The lowest BCUT2D eigenvalue weighted by molar-refractivity contribution is -0.131. The molecule has 3 aromatic carbocycles. The molecule has 0 spiro atoms. The van der Waals surface area contributed by atoms with Crippen LogP contribution in [0.3, 0.4) is 0 Å². The third kappa shape index (κ3) is 8.29. The maximum absolute atomic E-state index is 15.1. The SMILES string of the molecule is C=C1OCc2c(cc3n(c2=O)Cc2c-3nc3cc(F)c(C)c4c3c2[C@@H](NC(=O)C(O)c2ccccc2F)CC4)[C@@]1(O)CC.C=C1OCc2c(cc3n(c2=O)Cc2c-3nc3cc(F)c(C)c4c3c2[C@@H](NC(=O)C(O)c2cnccc2F)CC4)[C@@]1(O)CC. The van der Waals surface area contributed by atoms with E-state index in [0.717, 1.165) is 23.4 Å². The lowest BCUT2D eigenvalue weighted by Gasteiger charge is -2.35. The summed E-state index contributed by atoms with van der Waals surface area (Å²) in [7, 11) is 0. The predicted octanol–water partition coefficient (Wildman–Crippen LogP) is 8.38. The molecule has 2 amide bonds. The number of fused-ring (bicyclic) bond motifs is 10. The van der Waals surface area contributed by atoms with Gasteiger partial charge in [-0.3, -0.25) is 24.2 Å². The standard InChI is InChI=1S/C33H29F2N3O5.C32H28F2N4O5/c1-4-33(42)16(3)43-14-20-21(33)11-26-29-19(13-38(26)32(20)41)28-24(37-31(40)30(39)18-7-5-6-8-22(18)34)10-9-17-15(2)23(35)12-25(36-29)27(17)28;1-4-32(42)15(3)43-13-19-20(32)9-25-28-18(12-38(25)31(19)41)27-23(37-30(40)29(39)17-11-35-8-7-21(17)33)6-5-16-14(2)22(34)10-24(36-28)26(16)27/h5-8,11-12,24,30,39,42H,3-4,9-10,13-14H2,1-2H3,(H,37,40);7-11,23,29,39,42H,3-6,12-13H2,1-2H3,(H,37,40)/t24-,30?,33+;23-,29?,32+/m00/s1. The molecule has 6 N–H and O–H groups in total. The number of carbonyl (C=O) groups excluding carboxylic acids is 2. The molecule has 8 aromatic rings. The van der Waals surface area contributed by atoms with Gasteiger partial charge >= 0.3 is 0 Å². The summed E-state index contributed by atoms with van der Waals surface area (Å²) in [5, 5.41) is 51.5. The fourth-order valence-corrected chi connectivity index (χ4v) is 13.7. The van der Waals surface area contributed by atoms with E-state index in [2.05, 4.69) is 28.8 Å². The van der Waals surface area contributed by atoms with Gasteiger partial charge in [0.15, 0.2) is 12.2 Å². The maximum Gasteiger partial charge on any atom is 0.258 e. The zero-order valence-electron chi connectivity index (χ0n) is 47.1. The zero-order valence-corrected chi connectivity index (χ0v) is 47.1. The van der Waals surface area contributed by atoms with Gasteiger partial charge in [0.1, 0.15) is 59.2 Å². The molecule has 86 heavy (non-hydrogen) atoms. The molecule has 5 aromatic heterocycles. The van der Waals surface area contributed by atoms with Crippen LogP contribution in [0.4, 0.5) is 17.6 Å². The first-order valence-corrected chi connectivity index (χ1v) is 28.3. The first kappa shape index (κ1) is 56.3. The van der Waals surface area contributed by atoms with Gasteiger partial charge in [0.05, 0.1) is 70.1 Å². The van der Waals surface area contributed by atoms with Crippen molar-refractivity contribution < 1.29 is 57.1 Å². The molecule has 440 valence electrons. The number of carbonyl (C=O) groups is 2. The van der Waals surface area contributed by atoms with Crippen molar-refractivity contribution in [2.45, 2.75) is 128 Å². The van der Waals surface area contributed by atoms with Gasteiger partial charge < -0.3 is 49.7 Å². The molecule has 6 aliphatic rings. The highest BCUT2D eigenvalue weighted by molar-refractivity contribution is 5.95.